The van der Waals surface area contributed by atoms with Gasteiger partial charge >= 0.3 is 12.1 Å². The Morgan fingerprint density at radius 1 is 1.03 bits per heavy atom. The van der Waals surface area contributed by atoms with Crippen molar-refractivity contribution in [1.82, 2.24) is 4.90 Å². The van der Waals surface area contributed by atoms with Crippen molar-refractivity contribution in [2.75, 3.05) is 13.2 Å². The summed E-state index contributed by atoms with van der Waals surface area (Å²) in [5, 5.41) is 9.37. The van der Waals surface area contributed by atoms with Crippen LogP contribution < -0.4 is 4.74 Å². The first kappa shape index (κ1) is 23.5. The number of benzene rings is 3. The van der Waals surface area contributed by atoms with Crippen molar-refractivity contribution in [3.05, 3.63) is 99.6 Å². The first-order valence-corrected chi connectivity index (χ1v) is 10.8. The Labute approximate surface area is 199 Å². The number of aliphatic carboxylic acids is 1. The first-order valence-electron chi connectivity index (χ1n) is 10.4. The highest BCUT2D eigenvalue weighted by molar-refractivity contribution is 6.30. The third-order valence-electron chi connectivity index (χ3n) is 5.53. The average molecular weight is 488 g/mol. The fourth-order valence-corrected chi connectivity index (χ4v) is 4.18. The van der Waals surface area contributed by atoms with E-state index in [0.717, 1.165) is 0 Å². The zero-order valence-electron chi connectivity index (χ0n) is 17.8. The molecule has 1 aliphatic heterocycles. The van der Waals surface area contributed by atoms with Gasteiger partial charge in [-0.05, 0) is 47.9 Å². The molecular formula is C25H20ClF2NO5. The zero-order valence-corrected chi connectivity index (χ0v) is 18.6. The number of amides is 1. The van der Waals surface area contributed by atoms with Gasteiger partial charge in [-0.3, -0.25) is 4.90 Å². The topological polar surface area (TPSA) is 76.1 Å². The molecule has 1 aliphatic rings. The SMILES string of the molecule is O=C(O)COc1ccc(Cl)cc1[C@@H]1c2cccc(F)c2CCN1C(=O)OCc1ccccc1F. The lowest BCUT2D eigenvalue weighted by Gasteiger charge is -2.37. The van der Waals surface area contributed by atoms with Crippen LogP contribution in [-0.2, 0) is 22.6 Å². The number of carbonyl (C=O) groups excluding carboxylic acids is 1. The van der Waals surface area contributed by atoms with Gasteiger partial charge in [0.25, 0.3) is 0 Å². The molecule has 1 atom stereocenters. The predicted molar refractivity (Wildman–Crippen MR) is 120 cm³/mol. The van der Waals surface area contributed by atoms with Crippen molar-refractivity contribution in [2.45, 2.75) is 19.1 Å². The summed E-state index contributed by atoms with van der Waals surface area (Å²) in [5.41, 5.74) is 1.51. The van der Waals surface area contributed by atoms with Crippen LogP contribution in [0.4, 0.5) is 13.6 Å². The van der Waals surface area contributed by atoms with Crippen LogP contribution in [0.5, 0.6) is 5.75 Å². The van der Waals surface area contributed by atoms with Crippen LogP contribution in [0.1, 0.15) is 28.3 Å². The molecule has 0 bridgehead atoms. The summed E-state index contributed by atoms with van der Waals surface area (Å²) in [4.78, 5) is 25.6. The number of carboxylic acids is 1. The number of halogens is 3. The minimum atomic E-state index is -1.18. The summed E-state index contributed by atoms with van der Waals surface area (Å²) in [7, 11) is 0. The van der Waals surface area contributed by atoms with Crippen LogP contribution in [0, 0.1) is 11.6 Å². The van der Waals surface area contributed by atoms with E-state index in [9.17, 15) is 18.4 Å². The molecule has 1 amide bonds. The number of nitrogens with zero attached hydrogens (tertiary/aromatic N) is 1. The Balaban J connectivity index is 1.73. The highest BCUT2D eigenvalue weighted by Gasteiger charge is 2.36. The fourth-order valence-electron chi connectivity index (χ4n) is 4.00. The average Bonchev–Trinajstić information content (AvgIpc) is 2.82. The monoisotopic (exact) mass is 487 g/mol. The van der Waals surface area contributed by atoms with Gasteiger partial charge in [-0.2, -0.15) is 0 Å². The van der Waals surface area contributed by atoms with Crippen molar-refractivity contribution in [2.24, 2.45) is 0 Å². The summed E-state index contributed by atoms with van der Waals surface area (Å²) in [6.45, 7) is -0.794. The maximum atomic E-state index is 14.6. The Hall–Kier alpha value is -3.65. The van der Waals surface area contributed by atoms with Gasteiger partial charge in [0.1, 0.15) is 24.0 Å². The number of ether oxygens (including phenoxy) is 2. The summed E-state index contributed by atoms with van der Waals surface area (Å²) in [6, 6.07) is 14.2. The molecule has 0 aliphatic carbocycles. The van der Waals surface area contributed by atoms with E-state index in [0.29, 0.717) is 21.7 Å². The van der Waals surface area contributed by atoms with Gasteiger partial charge in [-0.15, -0.1) is 0 Å². The molecule has 4 rings (SSSR count). The molecule has 0 saturated heterocycles. The van der Waals surface area contributed by atoms with Gasteiger partial charge in [0.05, 0.1) is 6.04 Å². The largest absolute Gasteiger partial charge is 0.482 e. The van der Waals surface area contributed by atoms with Gasteiger partial charge in [-0.25, -0.2) is 18.4 Å². The Morgan fingerprint density at radius 2 is 1.79 bits per heavy atom. The van der Waals surface area contributed by atoms with Crippen LogP contribution in [0.25, 0.3) is 0 Å². The maximum Gasteiger partial charge on any atom is 0.410 e. The second-order valence-electron chi connectivity index (χ2n) is 7.66. The minimum absolute atomic E-state index is 0.111. The Kier molecular flexibility index (Phi) is 6.98. The fraction of sp³-hybridized carbons (Fsp3) is 0.200. The molecule has 0 unspecified atom stereocenters. The van der Waals surface area contributed by atoms with Crippen LogP contribution in [0.15, 0.2) is 60.7 Å². The molecule has 3 aromatic carbocycles. The molecule has 3 aromatic rings. The molecule has 6 nitrogen and oxygen atoms in total. The smallest absolute Gasteiger partial charge is 0.410 e. The molecule has 1 N–H and O–H groups in total. The molecule has 9 heteroatoms. The standard InChI is InChI=1S/C25H20ClF2NO5/c26-16-8-9-22(33-14-23(30)31)19(12-16)24-18-5-3-7-21(28)17(18)10-11-29(24)25(32)34-13-15-4-1-2-6-20(15)27/h1-9,12,24H,10-11,13-14H2,(H,30,31)/t24-/m0/s1. The van der Waals surface area contributed by atoms with E-state index in [-0.39, 0.29) is 30.9 Å². The number of carboxylic acid groups (broad SMARTS) is 1. The summed E-state index contributed by atoms with van der Waals surface area (Å²) < 4.78 is 39.5. The van der Waals surface area contributed by atoms with Crippen molar-refractivity contribution in [1.29, 1.82) is 0 Å². The lowest BCUT2D eigenvalue weighted by atomic mass is 9.87. The summed E-state index contributed by atoms with van der Waals surface area (Å²) in [6.07, 6.45) is -0.508. The van der Waals surface area contributed by atoms with Gasteiger partial charge in [0.2, 0.25) is 0 Å². The van der Waals surface area contributed by atoms with E-state index < -0.39 is 36.3 Å². The number of hydrogen-bond acceptors (Lipinski definition) is 4. The number of rotatable bonds is 6. The summed E-state index contributed by atoms with van der Waals surface area (Å²) in [5.74, 6) is -1.92. The van der Waals surface area contributed by atoms with E-state index in [1.165, 1.54) is 47.4 Å². The molecule has 34 heavy (non-hydrogen) atoms. The van der Waals surface area contributed by atoms with Gasteiger partial charge in [0.15, 0.2) is 6.61 Å². The van der Waals surface area contributed by atoms with E-state index in [4.69, 9.17) is 26.2 Å². The van der Waals surface area contributed by atoms with Crippen molar-refractivity contribution >= 4 is 23.7 Å². The molecular weight excluding hydrogens is 468 g/mol. The highest BCUT2D eigenvalue weighted by atomic mass is 35.5. The number of carbonyl (C=O) groups is 2. The van der Waals surface area contributed by atoms with Crippen molar-refractivity contribution in [3.8, 4) is 5.75 Å². The normalized spacial score (nSPS) is 14.9. The van der Waals surface area contributed by atoms with Gasteiger partial charge < -0.3 is 14.6 Å². The third-order valence-corrected chi connectivity index (χ3v) is 5.76. The second kappa shape index (κ2) is 10.1. The van der Waals surface area contributed by atoms with Gasteiger partial charge in [-0.1, -0.05) is 41.9 Å². The molecule has 0 aromatic heterocycles. The molecule has 0 saturated carbocycles. The first-order chi connectivity index (χ1) is 16.3. The van der Waals surface area contributed by atoms with Crippen LogP contribution in [-0.4, -0.2) is 35.2 Å². The second-order valence-corrected chi connectivity index (χ2v) is 8.10. The lowest BCUT2D eigenvalue weighted by Crippen LogP contribution is -2.41. The van der Waals surface area contributed by atoms with Crippen LogP contribution in [0.3, 0.4) is 0 Å². The van der Waals surface area contributed by atoms with Crippen molar-refractivity contribution in [3.63, 3.8) is 0 Å². The van der Waals surface area contributed by atoms with Crippen LogP contribution in [0.2, 0.25) is 5.02 Å². The molecule has 0 fully saturated rings. The van der Waals surface area contributed by atoms with Crippen LogP contribution >= 0.6 is 11.6 Å². The number of fused-ring (bicyclic) bond motifs is 1. The minimum Gasteiger partial charge on any atom is -0.482 e. The Bertz CT molecular complexity index is 1240. The Morgan fingerprint density at radius 3 is 2.56 bits per heavy atom. The molecule has 1 heterocycles. The van der Waals surface area contributed by atoms with E-state index in [1.807, 2.05) is 0 Å². The van der Waals surface area contributed by atoms with Crippen molar-refractivity contribution < 1.29 is 33.0 Å². The summed E-state index contributed by atoms with van der Waals surface area (Å²) >= 11 is 6.22. The zero-order chi connectivity index (χ0) is 24.2. The molecule has 176 valence electrons. The quantitative estimate of drug-likeness (QED) is 0.506. The van der Waals surface area contributed by atoms with Gasteiger partial charge in [0, 0.05) is 22.7 Å². The molecule has 0 radical (unpaired) electrons. The van der Waals surface area contributed by atoms with E-state index >= 15 is 0 Å². The third kappa shape index (κ3) is 4.97. The number of hydrogen-bond donors (Lipinski definition) is 1. The molecule has 0 spiro atoms. The predicted octanol–water partition coefficient (Wildman–Crippen LogP) is 5.37. The van der Waals surface area contributed by atoms with E-state index in [1.54, 1.807) is 18.2 Å². The maximum absolute atomic E-state index is 14.6. The van der Waals surface area contributed by atoms with E-state index in [2.05, 4.69) is 0 Å². The highest BCUT2D eigenvalue weighted by Crippen LogP contribution is 2.41. The lowest BCUT2D eigenvalue weighted by molar-refractivity contribution is -0.139.